The van der Waals surface area contributed by atoms with Gasteiger partial charge in [0.05, 0.1) is 10.4 Å². The highest BCUT2D eigenvalue weighted by Gasteiger charge is 2.33. The van der Waals surface area contributed by atoms with Crippen LogP contribution in [0, 0.1) is 0 Å². The van der Waals surface area contributed by atoms with Gasteiger partial charge in [0.25, 0.3) is 0 Å². The summed E-state index contributed by atoms with van der Waals surface area (Å²) in [4.78, 5) is 10.0. The zero-order valence-corrected chi connectivity index (χ0v) is 17.1. The van der Waals surface area contributed by atoms with Crippen LogP contribution in [0.2, 0.25) is 0 Å². The SMILES string of the molecule is O=S(=O)(c1cccc2cccnc12)N1CCC(c2nc(-c3cccs3)no2)CC1. The van der Waals surface area contributed by atoms with Crippen molar-refractivity contribution < 1.29 is 12.9 Å². The number of hydrogen-bond donors (Lipinski definition) is 0. The lowest BCUT2D eigenvalue weighted by Gasteiger charge is -2.29. The van der Waals surface area contributed by atoms with Crippen LogP contribution in [0.4, 0.5) is 0 Å². The number of sulfonamides is 1. The Morgan fingerprint density at radius 2 is 1.90 bits per heavy atom. The van der Waals surface area contributed by atoms with Gasteiger partial charge in [-0.25, -0.2) is 8.42 Å². The highest BCUT2D eigenvalue weighted by Crippen LogP contribution is 2.33. The summed E-state index contributed by atoms with van der Waals surface area (Å²) in [5.74, 6) is 1.23. The second-order valence-electron chi connectivity index (χ2n) is 6.94. The third-order valence-electron chi connectivity index (χ3n) is 5.20. The quantitative estimate of drug-likeness (QED) is 0.491. The number of thiophene rings is 1. The molecular formula is C20H18N4O3S2. The highest BCUT2D eigenvalue weighted by molar-refractivity contribution is 7.89. The van der Waals surface area contributed by atoms with E-state index in [2.05, 4.69) is 15.1 Å². The van der Waals surface area contributed by atoms with Crippen molar-refractivity contribution in [3.8, 4) is 10.7 Å². The van der Waals surface area contributed by atoms with E-state index in [-0.39, 0.29) is 10.8 Å². The molecule has 9 heteroatoms. The van der Waals surface area contributed by atoms with Crippen LogP contribution in [0.5, 0.6) is 0 Å². The molecule has 0 radical (unpaired) electrons. The van der Waals surface area contributed by atoms with Crippen molar-refractivity contribution in [3.05, 3.63) is 59.9 Å². The molecule has 5 rings (SSSR count). The number of pyridine rings is 1. The molecule has 4 heterocycles. The van der Waals surface area contributed by atoms with Crippen molar-refractivity contribution in [2.45, 2.75) is 23.7 Å². The summed E-state index contributed by atoms with van der Waals surface area (Å²) in [6.45, 7) is 0.819. The minimum Gasteiger partial charge on any atom is -0.339 e. The van der Waals surface area contributed by atoms with E-state index < -0.39 is 10.0 Å². The molecular weight excluding hydrogens is 408 g/mol. The molecule has 1 aromatic carbocycles. The average molecular weight is 427 g/mol. The standard InChI is InChI=1S/C20H18N4O3S2/c25-29(26,17-7-1-4-14-5-2-10-21-18(14)17)24-11-8-15(9-12-24)20-22-19(23-27-20)16-6-3-13-28-16/h1-7,10,13,15H,8-9,11-12H2. The first-order valence-electron chi connectivity index (χ1n) is 9.34. The second-order valence-corrected chi connectivity index (χ2v) is 9.80. The fraction of sp³-hybridized carbons (Fsp3) is 0.250. The first-order chi connectivity index (χ1) is 14.1. The van der Waals surface area contributed by atoms with Gasteiger partial charge in [-0.2, -0.15) is 9.29 Å². The van der Waals surface area contributed by atoms with Crippen LogP contribution in [0.1, 0.15) is 24.7 Å². The number of benzene rings is 1. The van der Waals surface area contributed by atoms with Gasteiger partial charge in [0.1, 0.15) is 4.90 Å². The molecule has 0 bridgehead atoms. The molecule has 29 heavy (non-hydrogen) atoms. The van der Waals surface area contributed by atoms with Crippen LogP contribution in [0.15, 0.2) is 63.5 Å². The largest absolute Gasteiger partial charge is 0.339 e. The Labute approximate surface area is 172 Å². The Kier molecular flexibility index (Phi) is 4.65. The Bertz CT molecular complexity index is 1240. The van der Waals surface area contributed by atoms with E-state index in [0.29, 0.717) is 43.2 Å². The van der Waals surface area contributed by atoms with Gasteiger partial charge in [-0.15, -0.1) is 11.3 Å². The van der Waals surface area contributed by atoms with Crippen LogP contribution >= 0.6 is 11.3 Å². The summed E-state index contributed by atoms with van der Waals surface area (Å²) < 4.78 is 33.5. The summed E-state index contributed by atoms with van der Waals surface area (Å²) >= 11 is 1.56. The van der Waals surface area contributed by atoms with Crippen LogP contribution in [0.3, 0.4) is 0 Å². The molecule has 1 saturated heterocycles. The molecule has 3 aromatic heterocycles. The van der Waals surface area contributed by atoms with Crippen molar-refractivity contribution in [1.82, 2.24) is 19.4 Å². The van der Waals surface area contributed by atoms with Gasteiger partial charge in [0.2, 0.25) is 21.7 Å². The number of rotatable bonds is 4. The number of piperidine rings is 1. The van der Waals surface area contributed by atoms with Crippen molar-refractivity contribution in [2.75, 3.05) is 13.1 Å². The third-order valence-corrected chi connectivity index (χ3v) is 8.00. The molecule has 7 nitrogen and oxygen atoms in total. The van der Waals surface area contributed by atoms with E-state index in [1.54, 1.807) is 35.7 Å². The Morgan fingerprint density at radius 3 is 2.69 bits per heavy atom. The summed E-state index contributed by atoms with van der Waals surface area (Å²) in [7, 11) is -3.62. The van der Waals surface area contributed by atoms with Gasteiger partial charge in [-0.05, 0) is 36.4 Å². The third kappa shape index (κ3) is 3.35. The van der Waals surface area contributed by atoms with E-state index in [1.807, 2.05) is 29.6 Å². The number of nitrogens with zero attached hydrogens (tertiary/aromatic N) is 4. The Morgan fingerprint density at radius 1 is 1.07 bits per heavy atom. The smallest absolute Gasteiger partial charge is 0.245 e. The minimum absolute atomic E-state index is 0.0632. The van der Waals surface area contributed by atoms with Crippen molar-refractivity contribution in [2.24, 2.45) is 0 Å². The zero-order valence-electron chi connectivity index (χ0n) is 15.4. The molecule has 0 unspecified atom stereocenters. The fourth-order valence-corrected chi connectivity index (χ4v) is 5.96. The molecule has 0 spiro atoms. The van der Waals surface area contributed by atoms with Crippen molar-refractivity contribution >= 4 is 32.3 Å². The zero-order chi connectivity index (χ0) is 19.8. The predicted octanol–water partition coefficient (Wildman–Crippen LogP) is 3.91. The molecule has 0 amide bonds. The van der Waals surface area contributed by atoms with Crippen LogP contribution in [-0.2, 0) is 10.0 Å². The van der Waals surface area contributed by atoms with E-state index in [1.165, 1.54) is 4.31 Å². The molecule has 0 N–H and O–H groups in total. The summed E-state index contributed by atoms with van der Waals surface area (Å²) in [5, 5.41) is 6.85. The molecule has 1 aliphatic rings. The molecule has 1 fully saturated rings. The number of aromatic nitrogens is 3. The first kappa shape index (κ1) is 18.4. The Hall–Kier alpha value is -2.62. The van der Waals surface area contributed by atoms with Gasteiger partial charge in [0.15, 0.2) is 0 Å². The summed E-state index contributed by atoms with van der Waals surface area (Å²) in [6, 6.07) is 12.8. The molecule has 0 aliphatic carbocycles. The summed E-state index contributed by atoms with van der Waals surface area (Å²) in [5.41, 5.74) is 0.509. The van der Waals surface area contributed by atoms with Gasteiger partial charge in [0, 0.05) is 30.6 Å². The predicted molar refractivity (Wildman–Crippen MR) is 110 cm³/mol. The molecule has 0 saturated carbocycles. The average Bonchev–Trinajstić information content (AvgIpc) is 3.45. The van der Waals surface area contributed by atoms with Gasteiger partial charge in [-0.3, -0.25) is 4.98 Å². The molecule has 148 valence electrons. The maximum atomic E-state index is 13.2. The maximum Gasteiger partial charge on any atom is 0.245 e. The number of fused-ring (bicyclic) bond motifs is 1. The topological polar surface area (TPSA) is 89.2 Å². The minimum atomic E-state index is -3.62. The van der Waals surface area contributed by atoms with E-state index >= 15 is 0 Å². The van der Waals surface area contributed by atoms with E-state index in [9.17, 15) is 8.42 Å². The Balaban J connectivity index is 1.35. The van der Waals surface area contributed by atoms with Crippen LogP contribution in [-0.4, -0.2) is 40.9 Å². The van der Waals surface area contributed by atoms with E-state index in [0.717, 1.165) is 10.3 Å². The van der Waals surface area contributed by atoms with E-state index in [4.69, 9.17) is 4.52 Å². The van der Waals surface area contributed by atoms with Crippen LogP contribution < -0.4 is 0 Å². The summed E-state index contributed by atoms with van der Waals surface area (Å²) in [6.07, 6.45) is 2.90. The monoisotopic (exact) mass is 426 g/mol. The van der Waals surface area contributed by atoms with Crippen LogP contribution in [0.25, 0.3) is 21.6 Å². The van der Waals surface area contributed by atoms with Gasteiger partial charge in [-0.1, -0.05) is 29.4 Å². The second kappa shape index (κ2) is 7.33. The van der Waals surface area contributed by atoms with Gasteiger partial charge < -0.3 is 4.52 Å². The lowest BCUT2D eigenvalue weighted by molar-refractivity contribution is 0.271. The lowest BCUT2D eigenvalue weighted by Crippen LogP contribution is -2.38. The normalized spacial score (nSPS) is 16.4. The highest BCUT2D eigenvalue weighted by atomic mass is 32.2. The molecule has 1 aliphatic heterocycles. The van der Waals surface area contributed by atoms with Gasteiger partial charge >= 0.3 is 0 Å². The van der Waals surface area contributed by atoms with Crippen molar-refractivity contribution in [1.29, 1.82) is 0 Å². The number of hydrogen-bond acceptors (Lipinski definition) is 7. The fourth-order valence-electron chi connectivity index (χ4n) is 3.67. The van der Waals surface area contributed by atoms with Crippen molar-refractivity contribution in [3.63, 3.8) is 0 Å². The number of para-hydroxylation sites is 1. The maximum absolute atomic E-state index is 13.2. The first-order valence-corrected chi connectivity index (χ1v) is 11.7. The lowest BCUT2D eigenvalue weighted by atomic mass is 9.98. The molecule has 0 atom stereocenters. The molecule has 4 aromatic rings.